The summed E-state index contributed by atoms with van der Waals surface area (Å²) >= 11 is 0. The van der Waals surface area contributed by atoms with Gasteiger partial charge in [0.05, 0.1) is 12.6 Å². The standard InChI is InChI=1S/C11H18N2O3/c1-3-7(2)9-10(14)13(11(15)12-9)8-4-5-16-6-8/h7-9H,3-6H2,1-2H3,(H,12,15). The molecular weight excluding hydrogens is 208 g/mol. The monoisotopic (exact) mass is 226 g/mol. The van der Waals surface area contributed by atoms with E-state index in [0.717, 1.165) is 12.8 Å². The number of rotatable bonds is 3. The number of ether oxygens (including phenoxy) is 1. The van der Waals surface area contributed by atoms with Gasteiger partial charge in [0.15, 0.2) is 0 Å². The van der Waals surface area contributed by atoms with Gasteiger partial charge in [0, 0.05) is 6.61 Å². The van der Waals surface area contributed by atoms with Crippen molar-refractivity contribution < 1.29 is 14.3 Å². The molecule has 0 bridgehead atoms. The van der Waals surface area contributed by atoms with E-state index in [2.05, 4.69) is 5.32 Å². The third-order valence-corrected chi connectivity index (χ3v) is 3.49. The van der Waals surface area contributed by atoms with Crippen molar-refractivity contribution in [1.29, 1.82) is 0 Å². The molecule has 90 valence electrons. The van der Waals surface area contributed by atoms with Crippen LogP contribution in [0.2, 0.25) is 0 Å². The van der Waals surface area contributed by atoms with Gasteiger partial charge in [-0.3, -0.25) is 9.69 Å². The Labute approximate surface area is 95.1 Å². The molecule has 16 heavy (non-hydrogen) atoms. The van der Waals surface area contributed by atoms with Gasteiger partial charge in [-0.25, -0.2) is 4.79 Å². The van der Waals surface area contributed by atoms with Crippen molar-refractivity contribution in [2.75, 3.05) is 13.2 Å². The van der Waals surface area contributed by atoms with E-state index in [9.17, 15) is 9.59 Å². The Hall–Kier alpha value is -1.10. The molecule has 2 fully saturated rings. The number of nitrogens with zero attached hydrogens (tertiary/aromatic N) is 1. The molecule has 2 saturated heterocycles. The number of carbonyl (C=O) groups is 2. The topological polar surface area (TPSA) is 58.6 Å². The van der Waals surface area contributed by atoms with E-state index in [4.69, 9.17) is 4.74 Å². The Morgan fingerprint density at radius 2 is 2.31 bits per heavy atom. The Bertz CT molecular complexity index is 300. The maximum Gasteiger partial charge on any atom is 0.325 e. The van der Waals surface area contributed by atoms with Crippen LogP contribution in [0.15, 0.2) is 0 Å². The van der Waals surface area contributed by atoms with Gasteiger partial charge < -0.3 is 10.1 Å². The fraction of sp³-hybridized carbons (Fsp3) is 0.818. The second-order valence-electron chi connectivity index (χ2n) is 4.54. The molecule has 5 heteroatoms. The van der Waals surface area contributed by atoms with Crippen LogP contribution >= 0.6 is 0 Å². The Morgan fingerprint density at radius 3 is 2.88 bits per heavy atom. The van der Waals surface area contributed by atoms with Crippen molar-refractivity contribution in [2.24, 2.45) is 5.92 Å². The number of carbonyl (C=O) groups excluding carboxylic acids is 2. The summed E-state index contributed by atoms with van der Waals surface area (Å²) in [7, 11) is 0. The first-order chi connectivity index (χ1) is 7.65. The number of nitrogens with one attached hydrogen (secondary N) is 1. The lowest BCUT2D eigenvalue weighted by Crippen LogP contribution is -2.41. The molecule has 3 unspecified atom stereocenters. The molecule has 0 saturated carbocycles. The number of imide groups is 1. The first-order valence-corrected chi connectivity index (χ1v) is 5.86. The van der Waals surface area contributed by atoms with Gasteiger partial charge in [0.25, 0.3) is 5.91 Å². The van der Waals surface area contributed by atoms with Gasteiger partial charge in [0.2, 0.25) is 0 Å². The van der Waals surface area contributed by atoms with E-state index in [1.807, 2.05) is 13.8 Å². The number of urea groups is 1. The van der Waals surface area contributed by atoms with Crippen LogP contribution in [0.4, 0.5) is 4.79 Å². The quantitative estimate of drug-likeness (QED) is 0.722. The minimum Gasteiger partial charge on any atom is -0.379 e. The highest BCUT2D eigenvalue weighted by molar-refractivity contribution is 6.04. The molecule has 3 atom stereocenters. The van der Waals surface area contributed by atoms with Crippen molar-refractivity contribution in [3.63, 3.8) is 0 Å². The number of hydrogen-bond acceptors (Lipinski definition) is 3. The zero-order valence-electron chi connectivity index (χ0n) is 9.73. The Morgan fingerprint density at radius 1 is 1.56 bits per heavy atom. The highest BCUT2D eigenvalue weighted by Gasteiger charge is 2.44. The van der Waals surface area contributed by atoms with Crippen LogP contribution < -0.4 is 5.32 Å². The van der Waals surface area contributed by atoms with Crippen molar-refractivity contribution in [1.82, 2.24) is 10.2 Å². The molecule has 0 aromatic heterocycles. The molecule has 3 amide bonds. The molecule has 2 rings (SSSR count). The molecule has 0 aromatic rings. The average Bonchev–Trinajstić information content (AvgIpc) is 2.86. The van der Waals surface area contributed by atoms with Crippen molar-refractivity contribution in [3.8, 4) is 0 Å². The predicted molar refractivity (Wildman–Crippen MR) is 57.8 cm³/mol. The lowest BCUT2D eigenvalue weighted by Gasteiger charge is -2.20. The fourth-order valence-electron chi connectivity index (χ4n) is 2.21. The van der Waals surface area contributed by atoms with Gasteiger partial charge >= 0.3 is 6.03 Å². The van der Waals surface area contributed by atoms with Crippen LogP contribution in [0.25, 0.3) is 0 Å². The van der Waals surface area contributed by atoms with Crippen molar-refractivity contribution in [3.05, 3.63) is 0 Å². The second kappa shape index (κ2) is 4.41. The average molecular weight is 226 g/mol. The summed E-state index contributed by atoms with van der Waals surface area (Å²) in [5.74, 6) is 0.0959. The van der Waals surface area contributed by atoms with Gasteiger partial charge in [0.1, 0.15) is 6.04 Å². The van der Waals surface area contributed by atoms with Crippen LogP contribution in [0.3, 0.4) is 0 Å². The molecule has 2 aliphatic heterocycles. The van der Waals surface area contributed by atoms with Crippen LogP contribution in [-0.2, 0) is 9.53 Å². The van der Waals surface area contributed by atoms with Crippen LogP contribution in [0.5, 0.6) is 0 Å². The minimum atomic E-state index is -0.349. The summed E-state index contributed by atoms with van der Waals surface area (Å²) in [6.45, 7) is 5.12. The number of hydrogen-bond donors (Lipinski definition) is 1. The smallest absolute Gasteiger partial charge is 0.325 e. The first-order valence-electron chi connectivity index (χ1n) is 5.86. The zero-order chi connectivity index (χ0) is 11.7. The third-order valence-electron chi connectivity index (χ3n) is 3.49. The molecule has 0 aromatic carbocycles. The van der Waals surface area contributed by atoms with E-state index in [-0.39, 0.29) is 29.9 Å². The zero-order valence-corrected chi connectivity index (χ0v) is 9.73. The minimum absolute atomic E-state index is 0.0680. The number of amides is 3. The van der Waals surface area contributed by atoms with E-state index in [0.29, 0.717) is 13.2 Å². The highest BCUT2D eigenvalue weighted by Crippen LogP contribution is 2.22. The van der Waals surface area contributed by atoms with Crippen LogP contribution in [-0.4, -0.2) is 42.1 Å². The fourth-order valence-corrected chi connectivity index (χ4v) is 2.21. The van der Waals surface area contributed by atoms with E-state index < -0.39 is 0 Å². The first kappa shape index (κ1) is 11.4. The highest BCUT2D eigenvalue weighted by atomic mass is 16.5. The van der Waals surface area contributed by atoms with Gasteiger partial charge in [-0.15, -0.1) is 0 Å². The maximum absolute atomic E-state index is 12.1. The third kappa shape index (κ3) is 1.80. The van der Waals surface area contributed by atoms with E-state index >= 15 is 0 Å². The largest absolute Gasteiger partial charge is 0.379 e. The molecule has 2 aliphatic rings. The van der Waals surface area contributed by atoms with E-state index in [1.165, 1.54) is 4.90 Å². The summed E-state index contributed by atoms with van der Waals surface area (Å²) in [5.41, 5.74) is 0. The summed E-state index contributed by atoms with van der Waals surface area (Å²) in [6, 6.07) is -0.676. The molecule has 1 N–H and O–H groups in total. The Kier molecular flexibility index (Phi) is 3.14. The van der Waals surface area contributed by atoms with Crippen molar-refractivity contribution >= 4 is 11.9 Å². The molecule has 0 spiro atoms. The molecule has 5 nitrogen and oxygen atoms in total. The summed E-state index contributed by atoms with van der Waals surface area (Å²) in [6.07, 6.45) is 1.64. The SMILES string of the molecule is CCC(C)C1NC(=O)N(C2CCOC2)C1=O. The molecule has 0 radical (unpaired) electrons. The van der Waals surface area contributed by atoms with Crippen LogP contribution in [0.1, 0.15) is 26.7 Å². The van der Waals surface area contributed by atoms with Crippen LogP contribution in [0, 0.1) is 5.92 Å². The maximum atomic E-state index is 12.1. The summed E-state index contributed by atoms with van der Waals surface area (Å²) < 4.78 is 5.21. The van der Waals surface area contributed by atoms with Crippen molar-refractivity contribution in [2.45, 2.75) is 38.8 Å². The van der Waals surface area contributed by atoms with Gasteiger partial charge in [-0.1, -0.05) is 20.3 Å². The summed E-state index contributed by atoms with van der Waals surface area (Å²) in [5, 5.41) is 2.76. The summed E-state index contributed by atoms with van der Waals surface area (Å²) in [4.78, 5) is 25.2. The Balaban J connectivity index is 2.09. The van der Waals surface area contributed by atoms with E-state index in [1.54, 1.807) is 0 Å². The predicted octanol–water partition coefficient (Wildman–Crippen LogP) is 0.742. The van der Waals surface area contributed by atoms with Gasteiger partial charge in [-0.05, 0) is 12.3 Å². The van der Waals surface area contributed by atoms with Gasteiger partial charge in [-0.2, -0.15) is 0 Å². The molecule has 0 aliphatic carbocycles. The molecular formula is C11H18N2O3. The lowest BCUT2D eigenvalue weighted by molar-refractivity contribution is -0.130. The molecule has 2 heterocycles. The lowest BCUT2D eigenvalue weighted by atomic mass is 9.99. The second-order valence-corrected chi connectivity index (χ2v) is 4.54. The normalized spacial score (nSPS) is 32.0.